The number of allylic oxidation sites excluding steroid dienone is 2. The standard InChI is InChI=1S/C10H19N/c1-8(2)10(9(3)4)6-7-11-5/h6-9H,1-5H3/b11-7-. The van der Waals surface area contributed by atoms with Crippen LogP contribution in [-0.4, -0.2) is 13.3 Å². The van der Waals surface area contributed by atoms with E-state index in [1.54, 1.807) is 7.05 Å². The van der Waals surface area contributed by atoms with E-state index in [0.717, 1.165) is 0 Å². The maximum atomic E-state index is 3.94. The maximum Gasteiger partial charge on any atom is 0.0277 e. The maximum absolute atomic E-state index is 3.94. The predicted molar refractivity (Wildman–Crippen MR) is 52.2 cm³/mol. The molecule has 0 unspecified atom stereocenters. The van der Waals surface area contributed by atoms with Crippen molar-refractivity contribution in [2.24, 2.45) is 16.8 Å². The van der Waals surface area contributed by atoms with Crippen LogP contribution < -0.4 is 0 Å². The molecule has 1 nitrogen and oxygen atoms in total. The summed E-state index contributed by atoms with van der Waals surface area (Å²) in [5, 5.41) is 0. The van der Waals surface area contributed by atoms with Crippen molar-refractivity contribution in [1.82, 2.24) is 0 Å². The van der Waals surface area contributed by atoms with Crippen LogP contribution in [0.1, 0.15) is 27.7 Å². The van der Waals surface area contributed by atoms with Gasteiger partial charge in [-0.1, -0.05) is 33.3 Å². The van der Waals surface area contributed by atoms with Gasteiger partial charge >= 0.3 is 0 Å². The number of hydrogen-bond donors (Lipinski definition) is 0. The molecular weight excluding hydrogens is 134 g/mol. The Labute approximate surface area is 70.2 Å². The molecule has 0 aromatic heterocycles. The zero-order valence-electron chi connectivity index (χ0n) is 8.26. The molecule has 0 saturated carbocycles. The monoisotopic (exact) mass is 153 g/mol. The lowest BCUT2D eigenvalue weighted by molar-refractivity contribution is 0.627. The lowest BCUT2D eigenvalue weighted by Gasteiger charge is -2.13. The van der Waals surface area contributed by atoms with Gasteiger partial charge in [0.25, 0.3) is 0 Å². The molecule has 0 aromatic carbocycles. The summed E-state index contributed by atoms with van der Waals surface area (Å²) in [5.74, 6) is 1.26. The van der Waals surface area contributed by atoms with E-state index in [-0.39, 0.29) is 0 Å². The third kappa shape index (κ3) is 3.97. The SMILES string of the molecule is C/N=C\C=C(C(C)C)C(C)C. The van der Waals surface area contributed by atoms with E-state index in [9.17, 15) is 0 Å². The van der Waals surface area contributed by atoms with Crippen LogP contribution in [0.2, 0.25) is 0 Å². The number of hydrogen-bond acceptors (Lipinski definition) is 1. The van der Waals surface area contributed by atoms with Gasteiger partial charge in [-0.2, -0.15) is 0 Å². The van der Waals surface area contributed by atoms with Crippen molar-refractivity contribution in [3.63, 3.8) is 0 Å². The van der Waals surface area contributed by atoms with Crippen molar-refractivity contribution in [3.8, 4) is 0 Å². The summed E-state index contributed by atoms with van der Waals surface area (Å²) < 4.78 is 0. The molecule has 0 aliphatic rings. The molecule has 0 saturated heterocycles. The van der Waals surface area contributed by atoms with Crippen LogP contribution >= 0.6 is 0 Å². The van der Waals surface area contributed by atoms with Gasteiger partial charge in [0.1, 0.15) is 0 Å². The third-order valence-corrected chi connectivity index (χ3v) is 1.75. The lowest BCUT2D eigenvalue weighted by atomic mass is 9.92. The second kappa shape index (κ2) is 5.11. The summed E-state index contributed by atoms with van der Waals surface area (Å²) in [7, 11) is 1.80. The summed E-state index contributed by atoms with van der Waals surface area (Å²) >= 11 is 0. The molecule has 0 fully saturated rings. The largest absolute Gasteiger partial charge is 0.297 e. The van der Waals surface area contributed by atoms with Gasteiger partial charge in [-0.25, -0.2) is 0 Å². The minimum Gasteiger partial charge on any atom is -0.297 e. The van der Waals surface area contributed by atoms with Crippen molar-refractivity contribution < 1.29 is 0 Å². The smallest absolute Gasteiger partial charge is 0.0277 e. The van der Waals surface area contributed by atoms with Gasteiger partial charge in [0.2, 0.25) is 0 Å². The Morgan fingerprint density at radius 1 is 1.09 bits per heavy atom. The lowest BCUT2D eigenvalue weighted by Crippen LogP contribution is -2.02. The van der Waals surface area contributed by atoms with Crippen molar-refractivity contribution >= 4 is 6.21 Å². The highest BCUT2D eigenvalue weighted by Gasteiger charge is 2.05. The highest BCUT2D eigenvalue weighted by atomic mass is 14.6. The topological polar surface area (TPSA) is 12.4 Å². The Bertz CT molecular complexity index is 142. The molecule has 64 valence electrons. The molecule has 0 rings (SSSR count). The average Bonchev–Trinajstić information content (AvgIpc) is 1.87. The second-order valence-electron chi connectivity index (χ2n) is 3.38. The summed E-state index contributed by atoms with van der Waals surface area (Å²) in [5.41, 5.74) is 1.47. The minimum atomic E-state index is 0.632. The van der Waals surface area contributed by atoms with E-state index < -0.39 is 0 Å². The molecular formula is C10H19N. The van der Waals surface area contributed by atoms with Crippen LogP contribution in [0.3, 0.4) is 0 Å². The normalized spacial score (nSPS) is 11.5. The Hall–Kier alpha value is -0.590. The first-order chi connectivity index (χ1) is 5.09. The van der Waals surface area contributed by atoms with Crippen LogP contribution in [0.25, 0.3) is 0 Å². The molecule has 0 bridgehead atoms. The number of rotatable bonds is 3. The molecule has 1 heteroatoms. The summed E-state index contributed by atoms with van der Waals surface area (Å²) in [6.07, 6.45) is 3.99. The molecule has 0 heterocycles. The van der Waals surface area contributed by atoms with Gasteiger partial charge in [0, 0.05) is 13.3 Å². The molecule has 0 aliphatic heterocycles. The molecule has 0 radical (unpaired) electrons. The molecule has 0 amide bonds. The zero-order valence-corrected chi connectivity index (χ0v) is 8.26. The quantitative estimate of drug-likeness (QED) is 0.553. The fourth-order valence-electron chi connectivity index (χ4n) is 1.21. The molecule has 0 aromatic rings. The van der Waals surface area contributed by atoms with E-state index in [1.165, 1.54) is 5.57 Å². The molecule has 0 atom stereocenters. The van der Waals surface area contributed by atoms with Crippen LogP contribution in [0, 0.1) is 11.8 Å². The van der Waals surface area contributed by atoms with Gasteiger partial charge in [-0.15, -0.1) is 0 Å². The Balaban J connectivity index is 4.33. The van der Waals surface area contributed by atoms with Crippen LogP contribution in [-0.2, 0) is 0 Å². The van der Waals surface area contributed by atoms with E-state index >= 15 is 0 Å². The van der Waals surface area contributed by atoms with Gasteiger partial charge in [-0.05, 0) is 17.9 Å². The highest BCUT2D eigenvalue weighted by Crippen LogP contribution is 2.17. The minimum absolute atomic E-state index is 0.632. The summed E-state index contributed by atoms with van der Waals surface area (Å²) in [6.45, 7) is 8.87. The van der Waals surface area contributed by atoms with Gasteiger partial charge in [0.15, 0.2) is 0 Å². The molecule has 11 heavy (non-hydrogen) atoms. The van der Waals surface area contributed by atoms with Crippen molar-refractivity contribution in [2.75, 3.05) is 7.05 Å². The number of aliphatic imine (C=N–C) groups is 1. The van der Waals surface area contributed by atoms with E-state index in [1.807, 2.05) is 6.21 Å². The molecule has 0 aliphatic carbocycles. The van der Waals surface area contributed by atoms with Gasteiger partial charge < -0.3 is 0 Å². The summed E-state index contributed by atoms with van der Waals surface area (Å²) in [6, 6.07) is 0. The first-order valence-corrected chi connectivity index (χ1v) is 4.21. The van der Waals surface area contributed by atoms with Gasteiger partial charge in [0.05, 0.1) is 0 Å². The third-order valence-electron chi connectivity index (χ3n) is 1.75. The molecule has 0 N–H and O–H groups in total. The Morgan fingerprint density at radius 2 is 1.55 bits per heavy atom. The van der Waals surface area contributed by atoms with Crippen molar-refractivity contribution in [1.29, 1.82) is 0 Å². The first-order valence-electron chi connectivity index (χ1n) is 4.21. The van der Waals surface area contributed by atoms with Crippen molar-refractivity contribution in [2.45, 2.75) is 27.7 Å². The Morgan fingerprint density at radius 3 is 1.82 bits per heavy atom. The van der Waals surface area contributed by atoms with Crippen LogP contribution in [0.4, 0.5) is 0 Å². The van der Waals surface area contributed by atoms with Crippen LogP contribution in [0.15, 0.2) is 16.6 Å². The highest BCUT2D eigenvalue weighted by molar-refractivity contribution is 5.72. The van der Waals surface area contributed by atoms with Crippen LogP contribution in [0.5, 0.6) is 0 Å². The van der Waals surface area contributed by atoms with Gasteiger partial charge in [-0.3, -0.25) is 4.99 Å². The van der Waals surface area contributed by atoms with Crippen molar-refractivity contribution in [3.05, 3.63) is 11.6 Å². The predicted octanol–water partition coefficient (Wildman–Crippen LogP) is 2.93. The number of nitrogens with zero attached hydrogens (tertiary/aromatic N) is 1. The first kappa shape index (κ1) is 10.4. The average molecular weight is 153 g/mol. The summed E-state index contributed by atoms with van der Waals surface area (Å²) in [4.78, 5) is 3.94. The fourth-order valence-corrected chi connectivity index (χ4v) is 1.21. The van der Waals surface area contributed by atoms with E-state index in [4.69, 9.17) is 0 Å². The zero-order chi connectivity index (χ0) is 8.85. The van der Waals surface area contributed by atoms with E-state index in [0.29, 0.717) is 11.8 Å². The Kier molecular flexibility index (Phi) is 4.84. The molecule has 0 spiro atoms. The fraction of sp³-hybridized carbons (Fsp3) is 0.700. The van der Waals surface area contributed by atoms with E-state index in [2.05, 4.69) is 38.8 Å². The second-order valence-corrected chi connectivity index (χ2v) is 3.38.